The Balaban J connectivity index is 0.00000180. The summed E-state index contributed by atoms with van der Waals surface area (Å²) < 4.78 is 5.26. The van der Waals surface area contributed by atoms with E-state index >= 15 is 0 Å². The van der Waals surface area contributed by atoms with Crippen molar-refractivity contribution in [3.63, 3.8) is 0 Å². The van der Waals surface area contributed by atoms with Crippen LogP contribution >= 0.6 is 24.0 Å². The van der Waals surface area contributed by atoms with Crippen molar-refractivity contribution in [2.75, 3.05) is 18.5 Å². The molecule has 0 aromatic heterocycles. The van der Waals surface area contributed by atoms with Crippen molar-refractivity contribution in [1.29, 1.82) is 0 Å². The smallest absolute Gasteiger partial charge is 0.241 e. The minimum absolute atomic E-state index is 0. The molecule has 0 bridgehead atoms. The van der Waals surface area contributed by atoms with Gasteiger partial charge in [-0.15, -0.1) is 12.4 Å². The first kappa shape index (κ1) is 16.2. The molecule has 1 aromatic carbocycles. The molecule has 6 heteroatoms. The molecule has 1 aliphatic heterocycles. The lowest BCUT2D eigenvalue weighted by Crippen LogP contribution is -2.43. The number of halogens is 2. The van der Waals surface area contributed by atoms with Crippen molar-refractivity contribution in [1.82, 2.24) is 0 Å². The van der Waals surface area contributed by atoms with Crippen LogP contribution in [0.4, 0.5) is 5.69 Å². The van der Waals surface area contributed by atoms with Crippen molar-refractivity contribution in [3.05, 3.63) is 29.3 Å². The number of hydrogen-bond donors (Lipinski definition) is 2. The molecule has 1 aromatic rings. The first-order valence-electron chi connectivity index (χ1n) is 6.06. The normalized spacial score (nSPS) is 17.4. The van der Waals surface area contributed by atoms with Crippen LogP contribution in [0.25, 0.3) is 0 Å². The number of amides is 1. The van der Waals surface area contributed by atoms with Gasteiger partial charge in [-0.05, 0) is 43.0 Å². The Hall–Kier alpha value is -0.810. The van der Waals surface area contributed by atoms with Gasteiger partial charge in [0.2, 0.25) is 5.91 Å². The van der Waals surface area contributed by atoms with Gasteiger partial charge in [-0.2, -0.15) is 0 Å². The summed E-state index contributed by atoms with van der Waals surface area (Å²) in [5.41, 5.74) is 6.69. The van der Waals surface area contributed by atoms with Crippen molar-refractivity contribution in [2.24, 2.45) is 11.7 Å². The molecule has 1 atom stereocenters. The van der Waals surface area contributed by atoms with Gasteiger partial charge in [0.05, 0.1) is 6.04 Å². The molecule has 0 spiro atoms. The second kappa shape index (κ2) is 7.70. The fourth-order valence-electron chi connectivity index (χ4n) is 2.05. The number of nitrogens with one attached hydrogen (secondary N) is 1. The number of nitrogens with two attached hydrogens (primary N) is 1. The van der Waals surface area contributed by atoms with Crippen LogP contribution in [0.1, 0.15) is 12.8 Å². The van der Waals surface area contributed by atoms with E-state index in [1.807, 2.05) is 0 Å². The summed E-state index contributed by atoms with van der Waals surface area (Å²) in [5, 5.41) is 3.44. The Kier molecular flexibility index (Phi) is 6.58. The van der Waals surface area contributed by atoms with E-state index < -0.39 is 6.04 Å². The molecule has 3 N–H and O–H groups in total. The minimum Gasteiger partial charge on any atom is -0.381 e. The molecule has 106 valence electrons. The van der Waals surface area contributed by atoms with Crippen LogP contribution in [0.15, 0.2) is 24.3 Å². The van der Waals surface area contributed by atoms with Gasteiger partial charge in [-0.25, -0.2) is 0 Å². The molecule has 1 aliphatic rings. The van der Waals surface area contributed by atoms with Crippen LogP contribution in [0.2, 0.25) is 5.02 Å². The standard InChI is InChI=1S/C13H17ClN2O2.ClH/c14-10-1-3-11(4-2-10)16-13(17)12(15)9-5-7-18-8-6-9;/h1-4,9,12H,5-8,15H2,(H,16,17);1H. The Morgan fingerprint density at radius 2 is 1.89 bits per heavy atom. The van der Waals surface area contributed by atoms with E-state index in [0.717, 1.165) is 12.8 Å². The predicted octanol–water partition coefficient (Wildman–Crippen LogP) is 2.45. The van der Waals surface area contributed by atoms with Gasteiger partial charge in [0.15, 0.2) is 0 Å². The highest BCUT2D eigenvalue weighted by atomic mass is 35.5. The zero-order valence-corrected chi connectivity index (χ0v) is 12.0. The van der Waals surface area contributed by atoms with Gasteiger partial charge in [0, 0.05) is 23.9 Å². The molecule has 4 nitrogen and oxygen atoms in total. The molecule has 2 rings (SSSR count). The number of carbonyl (C=O) groups is 1. The molecule has 1 amide bonds. The van der Waals surface area contributed by atoms with Crippen LogP contribution in [0.3, 0.4) is 0 Å². The first-order chi connectivity index (χ1) is 8.66. The fraction of sp³-hybridized carbons (Fsp3) is 0.462. The number of ether oxygens (including phenoxy) is 1. The zero-order valence-electron chi connectivity index (χ0n) is 10.5. The second-order valence-electron chi connectivity index (χ2n) is 4.47. The highest BCUT2D eigenvalue weighted by molar-refractivity contribution is 6.30. The zero-order chi connectivity index (χ0) is 13.0. The molecule has 0 radical (unpaired) electrons. The van der Waals surface area contributed by atoms with E-state index in [-0.39, 0.29) is 24.2 Å². The lowest BCUT2D eigenvalue weighted by molar-refractivity contribution is -0.119. The fourth-order valence-corrected chi connectivity index (χ4v) is 2.17. The molecule has 1 fully saturated rings. The average Bonchev–Trinajstić information content (AvgIpc) is 2.41. The maximum Gasteiger partial charge on any atom is 0.241 e. The summed E-state index contributed by atoms with van der Waals surface area (Å²) >= 11 is 5.78. The third-order valence-corrected chi connectivity index (χ3v) is 3.44. The van der Waals surface area contributed by atoms with Gasteiger partial charge in [0.1, 0.15) is 0 Å². The van der Waals surface area contributed by atoms with Gasteiger partial charge < -0.3 is 15.8 Å². The van der Waals surface area contributed by atoms with Gasteiger partial charge in [0.25, 0.3) is 0 Å². The summed E-state index contributed by atoms with van der Waals surface area (Å²) in [6.45, 7) is 1.37. The molecule has 19 heavy (non-hydrogen) atoms. The first-order valence-corrected chi connectivity index (χ1v) is 6.44. The Bertz CT molecular complexity index is 406. The largest absolute Gasteiger partial charge is 0.381 e. The van der Waals surface area contributed by atoms with Crippen molar-refractivity contribution >= 4 is 35.6 Å². The summed E-state index contributed by atoms with van der Waals surface area (Å²) in [7, 11) is 0. The predicted molar refractivity (Wildman–Crippen MR) is 78.8 cm³/mol. The Morgan fingerprint density at radius 3 is 2.47 bits per heavy atom. The van der Waals surface area contributed by atoms with E-state index in [1.54, 1.807) is 24.3 Å². The maximum atomic E-state index is 12.0. The average molecular weight is 305 g/mol. The van der Waals surface area contributed by atoms with Gasteiger partial charge >= 0.3 is 0 Å². The van der Waals surface area contributed by atoms with E-state index in [2.05, 4.69) is 5.32 Å². The van der Waals surface area contributed by atoms with E-state index in [4.69, 9.17) is 22.1 Å². The minimum atomic E-state index is -0.482. The molecular formula is C13H18Cl2N2O2. The number of anilines is 1. The summed E-state index contributed by atoms with van der Waals surface area (Å²) in [5.74, 6) is 0.0512. The molecule has 1 unspecified atom stereocenters. The monoisotopic (exact) mass is 304 g/mol. The number of hydrogen-bond acceptors (Lipinski definition) is 3. The van der Waals surface area contributed by atoms with E-state index in [0.29, 0.717) is 23.9 Å². The Labute approximate surface area is 124 Å². The molecule has 0 aliphatic carbocycles. The highest BCUT2D eigenvalue weighted by Crippen LogP contribution is 2.19. The molecule has 1 heterocycles. The molecule has 0 saturated carbocycles. The third kappa shape index (κ3) is 4.66. The SMILES string of the molecule is Cl.NC(C(=O)Nc1ccc(Cl)cc1)C1CCOCC1. The number of carbonyl (C=O) groups excluding carboxylic acids is 1. The van der Waals surface area contributed by atoms with Gasteiger partial charge in [-0.3, -0.25) is 4.79 Å². The lowest BCUT2D eigenvalue weighted by atomic mass is 9.92. The number of benzene rings is 1. The molecule has 1 saturated heterocycles. The highest BCUT2D eigenvalue weighted by Gasteiger charge is 2.26. The van der Waals surface area contributed by atoms with Crippen molar-refractivity contribution < 1.29 is 9.53 Å². The number of rotatable bonds is 3. The van der Waals surface area contributed by atoms with Gasteiger partial charge in [-0.1, -0.05) is 11.6 Å². The lowest BCUT2D eigenvalue weighted by Gasteiger charge is -2.26. The topological polar surface area (TPSA) is 64.4 Å². The summed E-state index contributed by atoms with van der Waals surface area (Å²) in [6.07, 6.45) is 1.68. The van der Waals surface area contributed by atoms with Crippen LogP contribution < -0.4 is 11.1 Å². The van der Waals surface area contributed by atoms with Crippen LogP contribution in [0, 0.1) is 5.92 Å². The van der Waals surface area contributed by atoms with Crippen LogP contribution in [-0.2, 0) is 9.53 Å². The third-order valence-electron chi connectivity index (χ3n) is 3.19. The van der Waals surface area contributed by atoms with Crippen LogP contribution in [0.5, 0.6) is 0 Å². The van der Waals surface area contributed by atoms with Crippen LogP contribution in [-0.4, -0.2) is 25.2 Å². The van der Waals surface area contributed by atoms with E-state index in [1.165, 1.54) is 0 Å². The molecular weight excluding hydrogens is 287 g/mol. The van der Waals surface area contributed by atoms with Crippen molar-refractivity contribution in [3.8, 4) is 0 Å². The maximum absolute atomic E-state index is 12.0. The summed E-state index contributed by atoms with van der Waals surface area (Å²) in [6, 6.07) is 6.51. The van der Waals surface area contributed by atoms with Crippen molar-refractivity contribution in [2.45, 2.75) is 18.9 Å². The van der Waals surface area contributed by atoms with E-state index in [9.17, 15) is 4.79 Å². The Morgan fingerprint density at radius 1 is 1.32 bits per heavy atom. The quantitative estimate of drug-likeness (QED) is 0.901. The summed E-state index contributed by atoms with van der Waals surface area (Å²) in [4.78, 5) is 12.0. The second-order valence-corrected chi connectivity index (χ2v) is 4.91.